The number of carbonyl (C=O) groups is 2. The fourth-order valence-corrected chi connectivity index (χ4v) is 2.61. The van der Waals surface area contributed by atoms with Crippen molar-refractivity contribution in [1.29, 1.82) is 0 Å². The summed E-state index contributed by atoms with van der Waals surface area (Å²) in [6, 6.07) is 18.3. The Hall–Kier alpha value is -3.67. The molecule has 3 rings (SSSR count). The normalized spacial score (nSPS) is 10.2. The molecule has 0 saturated carbocycles. The molecule has 0 spiro atoms. The fourth-order valence-electron chi connectivity index (χ4n) is 2.61. The zero-order valence-corrected chi connectivity index (χ0v) is 15.5. The molecule has 2 aromatic carbocycles. The van der Waals surface area contributed by atoms with Gasteiger partial charge in [-0.3, -0.25) is 14.6 Å². The van der Waals surface area contributed by atoms with E-state index >= 15 is 0 Å². The third-order valence-corrected chi connectivity index (χ3v) is 3.99. The lowest BCUT2D eigenvalue weighted by Gasteiger charge is -2.11. The van der Waals surface area contributed by atoms with E-state index < -0.39 is 0 Å². The molecule has 0 bridgehead atoms. The van der Waals surface area contributed by atoms with Crippen molar-refractivity contribution in [2.75, 3.05) is 11.9 Å². The Morgan fingerprint density at radius 2 is 1.61 bits per heavy atom. The largest absolute Gasteiger partial charge is 0.492 e. The van der Waals surface area contributed by atoms with E-state index in [0.717, 1.165) is 5.56 Å². The second-order valence-corrected chi connectivity index (χ2v) is 6.01. The van der Waals surface area contributed by atoms with E-state index in [1.165, 1.54) is 18.5 Å². The number of amides is 2. The summed E-state index contributed by atoms with van der Waals surface area (Å²) in [5.41, 5.74) is 2.17. The van der Waals surface area contributed by atoms with Gasteiger partial charge >= 0.3 is 0 Å². The number of aromatic nitrogens is 1. The molecule has 0 aliphatic heterocycles. The van der Waals surface area contributed by atoms with Crippen molar-refractivity contribution >= 4 is 17.5 Å². The van der Waals surface area contributed by atoms with Crippen LogP contribution in [0.5, 0.6) is 5.75 Å². The standard InChI is InChI=1S/C22H21N3O3/c1-2-28-20-11-7-6-10-19(20)25-22(27)18-12-17(14-23-15-18)21(26)24-13-16-8-4-3-5-9-16/h3-12,14-15H,2,13H2,1H3,(H,24,26)(H,25,27). The highest BCUT2D eigenvalue weighted by Crippen LogP contribution is 2.24. The van der Waals surface area contributed by atoms with Crippen LogP contribution in [0.4, 0.5) is 5.69 Å². The minimum absolute atomic E-state index is 0.290. The Bertz CT molecular complexity index is 958. The molecule has 28 heavy (non-hydrogen) atoms. The van der Waals surface area contributed by atoms with Crippen LogP contribution in [-0.2, 0) is 6.54 Å². The van der Waals surface area contributed by atoms with Gasteiger partial charge < -0.3 is 15.4 Å². The van der Waals surface area contributed by atoms with Gasteiger partial charge in [0.1, 0.15) is 5.75 Å². The summed E-state index contributed by atoms with van der Waals surface area (Å²) < 4.78 is 5.52. The van der Waals surface area contributed by atoms with Crippen molar-refractivity contribution in [3.63, 3.8) is 0 Å². The van der Waals surface area contributed by atoms with Crippen LogP contribution in [-0.4, -0.2) is 23.4 Å². The molecule has 142 valence electrons. The zero-order chi connectivity index (χ0) is 19.8. The number of ether oxygens (including phenoxy) is 1. The SMILES string of the molecule is CCOc1ccccc1NC(=O)c1cncc(C(=O)NCc2ccccc2)c1. The number of nitrogens with one attached hydrogen (secondary N) is 2. The Balaban J connectivity index is 1.68. The minimum Gasteiger partial charge on any atom is -0.492 e. The highest BCUT2D eigenvalue weighted by Gasteiger charge is 2.13. The lowest BCUT2D eigenvalue weighted by molar-refractivity contribution is 0.0950. The molecular formula is C22H21N3O3. The van der Waals surface area contributed by atoms with Gasteiger partial charge in [0.05, 0.1) is 23.4 Å². The van der Waals surface area contributed by atoms with Crippen LogP contribution in [0.1, 0.15) is 33.2 Å². The molecule has 2 N–H and O–H groups in total. The number of rotatable bonds is 7. The van der Waals surface area contributed by atoms with E-state index in [4.69, 9.17) is 4.74 Å². The smallest absolute Gasteiger partial charge is 0.257 e. The molecule has 1 heterocycles. The van der Waals surface area contributed by atoms with E-state index in [2.05, 4.69) is 15.6 Å². The van der Waals surface area contributed by atoms with Crippen LogP contribution in [0.15, 0.2) is 73.1 Å². The van der Waals surface area contributed by atoms with Gasteiger partial charge in [0.2, 0.25) is 0 Å². The molecular weight excluding hydrogens is 354 g/mol. The zero-order valence-electron chi connectivity index (χ0n) is 15.5. The quantitative estimate of drug-likeness (QED) is 0.660. The fraction of sp³-hybridized carbons (Fsp3) is 0.136. The summed E-state index contributed by atoms with van der Waals surface area (Å²) in [7, 11) is 0. The monoisotopic (exact) mass is 375 g/mol. The summed E-state index contributed by atoms with van der Waals surface area (Å²) in [6.07, 6.45) is 2.86. The first-order valence-corrected chi connectivity index (χ1v) is 8.97. The van der Waals surface area contributed by atoms with Gasteiger partial charge in [-0.15, -0.1) is 0 Å². The van der Waals surface area contributed by atoms with Crippen molar-refractivity contribution in [1.82, 2.24) is 10.3 Å². The van der Waals surface area contributed by atoms with Crippen LogP contribution < -0.4 is 15.4 Å². The van der Waals surface area contributed by atoms with Gasteiger partial charge in [0.25, 0.3) is 11.8 Å². The summed E-state index contributed by atoms with van der Waals surface area (Å²) in [5, 5.41) is 5.63. The Morgan fingerprint density at radius 1 is 0.929 bits per heavy atom. The van der Waals surface area contributed by atoms with Gasteiger partial charge in [0.15, 0.2) is 0 Å². The molecule has 3 aromatic rings. The maximum Gasteiger partial charge on any atom is 0.257 e. The number of pyridine rings is 1. The predicted molar refractivity (Wildman–Crippen MR) is 107 cm³/mol. The maximum atomic E-state index is 12.6. The number of benzene rings is 2. The predicted octanol–water partition coefficient (Wildman–Crippen LogP) is 3.66. The second kappa shape index (κ2) is 9.32. The van der Waals surface area contributed by atoms with Crippen LogP contribution in [0.2, 0.25) is 0 Å². The average molecular weight is 375 g/mol. The van der Waals surface area contributed by atoms with Gasteiger partial charge in [-0.05, 0) is 30.7 Å². The van der Waals surface area contributed by atoms with Crippen molar-refractivity contribution in [2.24, 2.45) is 0 Å². The molecule has 0 radical (unpaired) electrons. The Morgan fingerprint density at radius 3 is 2.36 bits per heavy atom. The average Bonchev–Trinajstić information content (AvgIpc) is 2.74. The number of carbonyl (C=O) groups excluding carboxylic acids is 2. The molecule has 1 aromatic heterocycles. The van der Waals surface area contributed by atoms with Gasteiger partial charge in [0, 0.05) is 18.9 Å². The van der Waals surface area contributed by atoms with Crippen LogP contribution in [0.3, 0.4) is 0 Å². The van der Waals surface area contributed by atoms with Gasteiger partial charge in [-0.1, -0.05) is 42.5 Å². The molecule has 0 unspecified atom stereocenters. The molecule has 0 saturated heterocycles. The highest BCUT2D eigenvalue weighted by molar-refractivity contribution is 6.06. The minimum atomic E-state index is -0.364. The van der Waals surface area contributed by atoms with E-state index in [9.17, 15) is 9.59 Å². The first-order chi connectivity index (χ1) is 13.7. The molecule has 6 heteroatoms. The molecule has 0 aliphatic rings. The van der Waals surface area contributed by atoms with Crippen LogP contribution in [0.25, 0.3) is 0 Å². The van der Waals surface area contributed by atoms with Crippen molar-refractivity contribution in [2.45, 2.75) is 13.5 Å². The molecule has 0 aliphatic carbocycles. The van der Waals surface area contributed by atoms with Crippen molar-refractivity contribution in [3.8, 4) is 5.75 Å². The first-order valence-electron chi connectivity index (χ1n) is 8.97. The Labute approximate surface area is 163 Å². The molecule has 0 atom stereocenters. The van der Waals surface area contributed by atoms with Crippen molar-refractivity contribution in [3.05, 3.63) is 89.7 Å². The highest BCUT2D eigenvalue weighted by atomic mass is 16.5. The summed E-state index contributed by atoms with van der Waals surface area (Å²) in [6.45, 7) is 2.77. The number of nitrogens with zero attached hydrogens (tertiary/aromatic N) is 1. The molecule has 0 fully saturated rings. The second-order valence-electron chi connectivity index (χ2n) is 6.01. The topological polar surface area (TPSA) is 80.3 Å². The number of anilines is 1. The summed E-state index contributed by atoms with van der Waals surface area (Å²) in [4.78, 5) is 29.0. The lowest BCUT2D eigenvalue weighted by Crippen LogP contribution is -2.23. The summed E-state index contributed by atoms with van der Waals surface area (Å²) >= 11 is 0. The van der Waals surface area contributed by atoms with Gasteiger partial charge in [-0.25, -0.2) is 0 Å². The molecule has 2 amide bonds. The van der Waals surface area contributed by atoms with E-state index in [-0.39, 0.29) is 11.8 Å². The van der Waals surface area contributed by atoms with Crippen LogP contribution >= 0.6 is 0 Å². The number of hydrogen-bond acceptors (Lipinski definition) is 4. The third-order valence-electron chi connectivity index (χ3n) is 3.99. The maximum absolute atomic E-state index is 12.6. The number of hydrogen-bond donors (Lipinski definition) is 2. The lowest BCUT2D eigenvalue weighted by atomic mass is 10.1. The van der Waals surface area contributed by atoms with E-state index in [0.29, 0.717) is 35.7 Å². The van der Waals surface area contributed by atoms with Gasteiger partial charge in [-0.2, -0.15) is 0 Å². The van der Waals surface area contributed by atoms with E-state index in [1.54, 1.807) is 12.1 Å². The van der Waals surface area contributed by atoms with Crippen molar-refractivity contribution < 1.29 is 14.3 Å². The number of para-hydroxylation sites is 2. The van der Waals surface area contributed by atoms with Crippen LogP contribution in [0, 0.1) is 0 Å². The third kappa shape index (κ3) is 4.94. The Kier molecular flexibility index (Phi) is 6.36. The molecule has 6 nitrogen and oxygen atoms in total. The van der Waals surface area contributed by atoms with E-state index in [1.807, 2.05) is 49.4 Å². The first kappa shape index (κ1) is 19.1. The summed E-state index contributed by atoms with van der Waals surface area (Å²) in [5.74, 6) is -0.0684.